The van der Waals surface area contributed by atoms with Crippen LogP contribution in [0.3, 0.4) is 0 Å². The summed E-state index contributed by atoms with van der Waals surface area (Å²) in [4.78, 5) is 0.114. The van der Waals surface area contributed by atoms with Gasteiger partial charge in [0.1, 0.15) is 11.4 Å². The van der Waals surface area contributed by atoms with Crippen LogP contribution < -0.4 is 4.72 Å². The number of halogens is 1. The molecule has 0 amide bonds. The van der Waals surface area contributed by atoms with E-state index in [9.17, 15) is 13.5 Å². The average molecular weight is 356 g/mol. The van der Waals surface area contributed by atoms with E-state index in [1.54, 1.807) is 31.2 Å². The van der Waals surface area contributed by atoms with Crippen LogP contribution in [0, 0.1) is 12.8 Å². The van der Waals surface area contributed by atoms with Gasteiger partial charge in [-0.2, -0.15) is 0 Å². The maximum atomic E-state index is 12.6. The molecule has 0 bridgehead atoms. The molecular weight excluding hydrogens is 338 g/mol. The van der Waals surface area contributed by atoms with Gasteiger partial charge in [-0.05, 0) is 55.5 Å². The molecule has 7 heteroatoms. The lowest BCUT2D eigenvalue weighted by Crippen LogP contribution is -2.42. The van der Waals surface area contributed by atoms with Gasteiger partial charge in [0, 0.05) is 11.6 Å². The molecule has 1 atom stereocenters. The zero-order chi connectivity index (χ0) is 16.7. The van der Waals surface area contributed by atoms with Crippen molar-refractivity contribution in [1.29, 1.82) is 0 Å². The second kappa shape index (κ2) is 5.94. The van der Waals surface area contributed by atoms with Crippen molar-refractivity contribution in [3.8, 4) is 0 Å². The van der Waals surface area contributed by atoms with Gasteiger partial charge in [-0.15, -0.1) is 0 Å². The van der Waals surface area contributed by atoms with E-state index in [4.69, 9.17) is 16.0 Å². The fraction of sp³-hybridized carbons (Fsp3) is 0.375. The van der Waals surface area contributed by atoms with Crippen molar-refractivity contribution in [2.75, 3.05) is 6.54 Å². The fourth-order valence-corrected chi connectivity index (χ4v) is 4.25. The molecule has 3 rings (SSSR count). The highest BCUT2D eigenvalue weighted by Crippen LogP contribution is 2.45. The first-order chi connectivity index (χ1) is 10.8. The first-order valence-electron chi connectivity index (χ1n) is 7.36. The third kappa shape index (κ3) is 3.17. The zero-order valence-corrected chi connectivity index (χ0v) is 14.2. The minimum atomic E-state index is -3.78. The molecule has 0 radical (unpaired) electrons. The van der Waals surface area contributed by atoms with E-state index in [2.05, 4.69) is 4.72 Å². The Hall–Kier alpha value is -1.34. The number of nitrogens with one attached hydrogen (secondary N) is 1. The molecular formula is C16H18ClNO4S. The lowest BCUT2D eigenvalue weighted by atomic mass is 9.95. The third-order valence-corrected chi connectivity index (χ3v) is 6.19. The van der Waals surface area contributed by atoms with Crippen LogP contribution in [0.5, 0.6) is 0 Å². The van der Waals surface area contributed by atoms with Crippen molar-refractivity contribution in [3.63, 3.8) is 0 Å². The van der Waals surface area contributed by atoms with Crippen LogP contribution in [-0.2, 0) is 15.6 Å². The highest BCUT2D eigenvalue weighted by atomic mass is 35.5. The van der Waals surface area contributed by atoms with E-state index >= 15 is 0 Å². The monoisotopic (exact) mass is 355 g/mol. The van der Waals surface area contributed by atoms with Crippen LogP contribution in [0.4, 0.5) is 0 Å². The number of hydrogen-bond donors (Lipinski definition) is 2. The minimum absolute atomic E-state index is 0.00296. The van der Waals surface area contributed by atoms with Gasteiger partial charge in [0.2, 0.25) is 10.0 Å². The Labute approximate surface area is 140 Å². The Balaban J connectivity index is 1.85. The fourth-order valence-electron chi connectivity index (χ4n) is 2.68. The number of furan rings is 1. The van der Waals surface area contributed by atoms with E-state index in [-0.39, 0.29) is 17.4 Å². The molecule has 1 aromatic carbocycles. The summed E-state index contributed by atoms with van der Waals surface area (Å²) >= 11 is 6.00. The molecule has 0 aliphatic heterocycles. The van der Waals surface area contributed by atoms with Gasteiger partial charge in [0.25, 0.3) is 0 Å². The topological polar surface area (TPSA) is 79.5 Å². The largest absolute Gasteiger partial charge is 0.466 e. The van der Waals surface area contributed by atoms with E-state index in [0.29, 0.717) is 16.3 Å². The van der Waals surface area contributed by atoms with E-state index in [0.717, 1.165) is 12.8 Å². The number of benzene rings is 1. The molecule has 1 heterocycles. The molecule has 124 valence electrons. The highest BCUT2D eigenvalue weighted by molar-refractivity contribution is 7.89. The van der Waals surface area contributed by atoms with Gasteiger partial charge >= 0.3 is 0 Å². The maximum absolute atomic E-state index is 12.6. The number of hydrogen-bond acceptors (Lipinski definition) is 4. The molecule has 1 aromatic heterocycles. The Morgan fingerprint density at radius 2 is 2.09 bits per heavy atom. The van der Waals surface area contributed by atoms with Crippen molar-refractivity contribution in [1.82, 2.24) is 4.72 Å². The van der Waals surface area contributed by atoms with E-state index in [1.807, 2.05) is 0 Å². The molecule has 1 fully saturated rings. The average Bonchev–Trinajstić information content (AvgIpc) is 3.23. The lowest BCUT2D eigenvalue weighted by molar-refractivity contribution is -0.00224. The SMILES string of the molecule is Cc1c(Cl)cccc1S(=O)(=O)NCC(O)(c1ccco1)C1CC1. The summed E-state index contributed by atoms with van der Waals surface area (Å²) in [5, 5.41) is 11.3. The van der Waals surface area contributed by atoms with Crippen LogP contribution in [0.1, 0.15) is 24.2 Å². The second-order valence-electron chi connectivity index (χ2n) is 5.86. The second-order valence-corrected chi connectivity index (χ2v) is 8.01. The summed E-state index contributed by atoms with van der Waals surface area (Å²) in [7, 11) is -3.78. The molecule has 2 aromatic rings. The van der Waals surface area contributed by atoms with Crippen LogP contribution in [0.2, 0.25) is 5.02 Å². The predicted molar refractivity (Wildman–Crippen MR) is 86.7 cm³/mol. The van der Waals surface area contributed by atoms with Gasteiger partial charge in [-0.3, -0.25) is 0 Å². The summed E-state index contributed by atoms with van der Waals surface area (Å²) in [6.07, 6.45) is 3.16. The molecule has 2 N–H and O–H groups in total. The first-order valence-corrected chi connectivity index (χ1v) is 9.22. The number of aliphatic hydroxyl groups is 1. The van der Waals surface area contributed by atoms with Gasteiger partial charge in [0.05, 0.1) is 11.2 Å². The van der Waals surface area contributed by atoms with Crippen molar-refractivity contribution >= 4 is 21.6 Å². The smallest absolute Gasteiger partial charge is 0.240 e. The van der Waals surface area contributed by atoms with Crippen LogP contribution >= 0.6 is 11.6 Å². The third-order valence-electron chi connectivity index (χ3n) is 4.24. The lowest BCUT2D eigenvalue weighted by Gasteiger charge is -2.26. The van der Waals surface area contributed by atoms with Gasteiger partial charge in [-0.25, -0.2) is 13.1 Å². The molecule has 5 nitrogen and oxygen atoms in total. The molecule has 1 aliphatic rings. The number of sulfonamides is 1. The standard InChI is InChI=1S/C16H18ClNO4S/c1-11-13(17)4-2-5-14(11)23(20,21)18-10-16(19,12-7-8-12)15-6-3-9-22-15/h2-6,9,12,18-19H,7-8,10H2,1H3. The van der Waals surface area contributed by atoms with Crippen molar-refractivity contribution < 1.29 is 17.9 Å². The Morgan fingerprint density at radius 1 is 1.35 bits per heavy atom. The normalized spacial score (nSPS) is 17.9. The summed E-state index contributed by atoms with van der Waals surface area (Å²) in [5.41, 5.74) is -0.849. The van der Waals surface area contributed by atoms with Crippen LogP contribution in [0.25, 0.3) is 0 Å². The molecule has 1 aliphatic carbocycles. The molecule has 1 unspecified atom stereocenters. The van der Waals surface area contributed by atoms with Crippen LogP contribution in [0.15, 0.2) is 45.9 Å². The summed E-state index contributed by atoms with van der Waals surface area (Å²) < 4.78 is 32.9. The number of rotatable bonds is 6. The van der Waals surface area contributed by atoms with Gasteiger partial charge < -0.3 is 9.52 Å². The highest BCUT2D eigenvalue weighted by Gasteiger charge is 2.47. The molecule has 0 saturated heterocycles. The van der Waals surface area contributed by atoms with Crippen LogP contribution in [-0.4, -0.2) is 20.1 Å². The molecule has 0 spiro atoms. The molecule has 23 heavy (non-hydrogen) atoms. The van der Waals surface area contributed by atoms with Crippen molar-refractivity contribution in [2.24, 2.45) is 5.92 Å². The summed E-state index contributed by atoms with van der Waals surface area (Å²) in [6, 6.07) is 8.06. The molecule has 1 saturated carbocycles. The summed E-state index contributed by atoms with van der Waals surface area (Å²) in [6.45, 7) is 1.51. The minimum Gasteiger partial charge on any atom is -0.466 e. The maximum Gasteiger partial charge on any atom is 0.240 e. The van der Waals surface area contributed by atoms with E-state index < -0.39 is 15.6 Å². The van der Waals surface area contributed by atoms with Gasteiger partial charge in [0.15, 0.2) is 0 Å². The predicted octanol–water partition coefficient (Wildman–Crippen LogP) is 2.82. The van der Waals surface area contributed by atoms with Crippen molar-refractivity contribution in [2.45, 2.75) is 30.3 Å². The Kier molecular flexibility index (Phi) is 4.27. The quantitative estimate of drug-likeness (QED) is 0.835. The summed E-state index contributed by atoms with van der Waals surface area (Å²) in [5.74, 6) is 0.377. The zero-order valence-electron chi connectivity index (χ0n) is 12.6. The Morgan fingerprint density at radius 3 is 2.70 bits per heavy atom. The van der Waals surface area contributed by atoms with E-state index in [1.165, 1.54) is 12.3 Å². The first kappa shape index (κ1) is 16.5. The van der Waals surface area contributed by atoms with Gasteiger partial charge in [-0.1, -0.05) is 17.7 Å². The Bertz CT molecular complexity index is 799. The van der Waals surface area contributed by atoms with Crippen molar-refractivity contribution in [3.05, 3.63) is 52.9 Å².